The first kappa shape index (κ1) is 8.95. The van der Waals surface area contributed by atoms with Gasteiger partial charge in [0.25, 0.3) is 0 Å². The number of aromatic nitrogens is 2. The molecule has 0 amide bonds. The van der Waals surface area contributed by atoms with Crippen molar-refractivity contribution in [2.75, 3.05) is 0 Å². The van der Waals surface area contributed by atoms with Crippen LogP contribution in [0, 0.1) is 11.3 Å². The van der Waals surface area contributed by atoms with Gasteiger partial charge in [0.15, 0.2) is 0 Å². The average Bonchev–Trinajstić information content (AvgIpc) is 2.72. The summed E-state index contributed by atoms with van der Waals surface area (Å²) in [6.45, 7) is 0.960. The summed E-state index contributed by atoms with van der Waals surface area (Å²) in [6.07, 6.45) is 5.90. The van der Waals surface area contributed by atoms with Crippen LogP contribution in [-0.2, 0) is 19.4 Å². The number of fused-ring (bicyclic) bond motifs is 1. The predicted molar refractivity (Wildman–Crippen MR) is 58.0 cm³/mol. The maximum Gasteiger partial charge on any atom is 0.141 e. The largest absolute Gasteiger partial charge is 0.382 e. The average molecular weight is 204 g/mol. The summed E-state index contributed by atoms with van der Waals surface area (Å²) in [5.41, 5.74) is 8.97. The summed E-state index contributed by atoms with van der Waals surface area (Å²) in [4.78, 5) is 0. The SMILES string of the molecule is N=C(N)c1c2c(nn1CC1CC1)CCC2. The zero-order valence-corrected chi connectivity index (χ0v) is 8.79. The molecule has 0 spiro atoms. The number of nitrogens with two attached hydrogens (primary N) is 1. The van der Waals surface area contributed by atoms with Crippen molar-refractivity contribution in [1.82, 2.24) is 9.78 Å². The Bertz CT molecular complexity index is 414. The van der Waals surface area contributed by atoms with Crippen molar-refractivity contribution in [3.8, 4) is 0 Å². The van der Waals surface area contributed by atoms with Gasteiger partial charge in [-0.3, -0.25) is 10.1 Å². The lowest BCUT2D eigenvalue weighted by Gasteiger charge is -2.06. The lowest BCUT2D eigenvalue weighted by molar-refractivity contribution is 0.549. The zero-order chi connectivity index (χ0) is 10.4. The highest BCUT2D eigenvalue weighted by atomic mass is 15.3. The van der Waals surface area contributed by atoms with E-state index in [1.54, 1.807) is 0 Å². The van der Waals surface area contributed by atoms with E-state index in [0.29, 0.717) is 0 Å². The van der Waals surface area contributed by atoms with Crippen molar-refractivity contribution in [3.05, 3.63) is 17.0 Å². The van der Waals surface area contributed by atoms with Crippen LogP contribution in [0.5, 0.6) is 0 Å². The van der Waals surface area contributed by atoms with Crippen LogP contribution in [0.1, 0.15) is 36.2 Å². The fraction of sp³-hybridized carbons (Fsp3) is 0.636. The third-order valence-corrected chi connectivity index (χ3v) is 3.36. The van der Waals surface area contributed by atoms with E-state index in [2.05, 4.69) is 5.10 Å². The van der Waals surface area contributed by atoms with Crippen LogP contribution in [-0.4, -0.2) is 15.6 Å². The van der Waals surface area contributed by atoms with Crippen LogP contribution >= 0.6 is 0 Å². The third-order valence-electron chi connectivity index (χ3n) is 3.36. The first-order chi connectivity index (χ1) is 7.25. The lowest BCUT2D eigenvalue weighted by Crippen LogP contribution is -2.20. The van der Waals surface area contributed by atoms with Gasteiger partial charge in [0, 0.05) is 12.1 Å². The molecule has 3 N–H and O–H groups in total. The molecule has 0 aliphatic heterocycles. The standard InChI is InChI=1S/C11H16N4/c12-11(13)10-8-2-1-3-9(8)14-15(10)6-7-4-5-7/h7H,1-6H2,(H3,12,13). The monoisotopic (exact) mass is 204 g/mol. The molecule has 3 rings (SSSR count). The highest BCUT2D eigenvalue weighted by Gasteiger charge is 2.28. The van der Waals surface area contributed by atoms with E-state index in [1.807, 2.05) is 4.68 Å². The van der Waals surface area contributed by atoms with Gasteiger partial charge in [0.1, 0.15) is 11.5 Å². The van der Waals surface area contributed by atoms with Gasteiger partial charge in [0.2, 0.25) is 0 Å². The first-order valence-electron chi connectivity index (χ1n) is 5.68. The van der Waals surface area contributed by atoms with Gasteiger partial charge in [0.05, 0.1) is 5.69 Å². The van der Waals surface area contributed by atoms with Gasteiger partial charge in [-0.15, -0.1) is 0 Å². The summed E-state index contributed by atoms with van der Waals surface area (Å²) < 4.78 is 1.98. The first-order valence-corrected chi connectivity index (χ1v) is 5.68. The second kappa shape index (κ2) is 3.08. The number of hydrogen-bond donors (Lipinski definition) is 2. The van der Waals surface area contributed by atoms with Crippen LogP contribution < -0.4 is 5.73 Å². The van der Waals surface area contributed by atoms with Gasteiger partial charge in [-0.25, -0.2) is 0 Å². The predicted octanol–water partition coefficient (Wildman–Crippen LogP) is 1.07. The molecule has 2 aliphatic rings. The van der Waals surface area contributed by atoms with E-state index in [4.69, 9.17) is 11.1 Å². The van der Waals surface area contributed by atoms with E-state index < -0.39 is 0 Å². The Balaban J connectivity index is 2.00. The summed E-state index contributed by atoms with van der Waals surface area (Å²) in [5, 5.41) is 12.2. The van der Waals surface area contributed by atoms with Crippen LogP contribution in [0.4, 0.5) is 0 Å². The van der Waals surface area contributed by atoms with E-state index in [0.717, 1.165) is 31.0 Å². The molecule has 0 atom stereocenters. The van der Waals surface area contributed by atoms with Crippen molar-refractivity contribution in [2.45, 2.75) is 38.6 Å². The summed E-state index contributed by atoms with van der Waals surface area (Å²) in [7, 11) is 0. The Labute approximate surface area is 89.0 Å². The normalized spacial score (nSPS) is 19.2. The summed E-state index contributed by atoms with van der Waals surface area (Å²) in [5.74, 6) is 0.967. The Hall–Kier alpha value is -1.32. The van der Waals surface area contributed by atoms with Gasteiger partial charge in [-0.2, -0.15) is 5.10 Å². The van der Waals surface area contributed by atoms with Crippen LogP contribution in [0.15, 0.2) is 0 Å². The zero-order valence-electron chi connectivity index (χ0n) is 8.79. The molecular weight excluding hydrogens is 188 g/mol. The van der Waals surface area contributed by atoms with Crippen molar-refractivity contribution >= 4 is 5.84 Å². The highest BCUT2D eigenvalue weighted by molar-refractivity contribution is 5.95. The molecule has 0 radical (unpaired) electrons. The van der Waals surface area contributed by atoms with Gasteiger partial charge in [-0.05, 0) is 38.0 Å². The molecular formula is C11H16N4. The number of nitrogens with one attached hydrogen (secondary N) is 1. The Kier molecular flexibility index (Phi) is 1.84. The maximum absolute atomic E-state index is 7.64. The fourth-order valence-corrected chi connectivity index (χ4v) is 2.42. The Morgan fingerprint density at radius 1 is 1.47 bits per heavy atom. The van der Waals surface area contributed by atoms with Crippen LogP contribution in [0.2, 0.25) is 0 Å². The molecule has 80 valence electrons. The summed E-state index contributed by atoms with van der Waals surface area (Å²) >= 11 is 0. The third kappa shape index (κ3) is 1.44. The molecule has 1 aromatic rings. The minimum absolute atomic E-state index is 0.186. The molecule has 15 heavy (non-hydrogen) atoms. The van der Waals surface area contributed by atoms with E-state index in [1.165, 1.54) is 30.5 Å². The van der Waals surface area contributed by atoms with Crippen molar-refractivity contribution in [2.24, 2.45) is 11.7 Å². The number of rotatable bonds is 3. The van der Waals surface area contributed by atoms with Crippen molar-refractivity contribution in [1.29, 1.82) is 5.41 Å². The number of aryl methyl sites for hydroxylation is 1. The molecule has 4 heteroatoms. The van der Waals surface area contributed by atoms with Crippen molar-refractivity contribution < 1.29 is 0 Å². The second-order valence-corrected chi connectivity index (χ2v) is 4.67. The minimum Gasteiger partial charge on any atom is -0.382 e. The number of nitrogens with zero attached hydrogens (tertiary/aromatic N) is 2. The maximum atomic E-state index is 7.64. The molecule has 1 aromatic heterocycles. The highest BCUT2D eigenvalue weighted by Crippen LogP contribution is 2.32. The molecule has 0 bridgehead atoms. The second-order valence-electron chi connectivity index (χ2n) is 4.67. The van der Waals surface area contributed by atoms with Gasteiger partial charge >= 0.3 is 0 Å². The lowest BCUT2D eigenvalue weighted by atomic mass is 10.2. The van der Waals surface area contributed by atoms with Crippen molar-refractivity contribution in [3.63, 3.8) is 0 Å². The summed E-state index contributed by atoms with van der Waals surface area (Å²) in [6, 6.07) is 0. The minimum atomic E-state index is 0.186. The molecule has 0 unspecified atom stereocenters. The molecule has 1 fully saturated rings. The van der Waals surface area contributed by atoms with E-state index in [-0.39, 0.29) is 5.84 Å². The van der Waals surface area contributed by atoms with E-state index >= 15 is 0 Å². The smallest absolute Gasteiger partial charge is 0.141 e. The van der Waals surface area contributed by atoms with Crippen LogP contribution in [0.25, 0.3) is 0 Å². The van der Waals surface area contributed by atoms with E-state index in [9.17, 15) is 0 Å². The van der Waals surface area contributed by atoms with Crippen LogP contribution in [0.3, 0.4) is 0 Å². The molecule has 1 saturated carbocycles. The fourth-order valence-electron chi connectivity index (χ4n) is 2.42. The molecule has 2 aliphatic carbocycles. The number of nitrogen functional groups attached to an aromatic ring is 1. The Morgan fingerprint density at radius 3 is 2.93 bits per heavy atom. The molecule has 1 heterocycles. The topological polar surface area (TPSA) is 67.7 Å². The molecule has 4 nitrogen and oxygen atoms in total. The van der Waals surface area contributed by atoms with Gasteiger partial charge < -0.3 is 5.73 Å². The number of amidine groups is 1. The molecule has 0 aromatic carbocycles. The number of hydrogen-bond acceptors (Lipinski definition) is 2. The quantitative estimate of drug-likeness (QED) is 0.571. The Morgan fingerprint density at radius 2 is 2.27 bits per heavy atom. The molecule has 0 saturated heterocycles. The van der Waals surface area contributed by atoms with Gasteiger partial charge in [-0.1, -0.05) is 0 Å².